The topological polar surface area (TPSA) is 75.3 Å². The molecule has 7 heteroatoms. The molecule has 0 aliphatic heterocycles. The summed E-state index contributed by atoms with van der Waals surface area (Å²) in [7, 11) is -4.03. The molecule has 0 atom stereocenters. The number of aryl methyl sites for hydroxylation is 2. The van der Waals surface area contributed by atoms with Crippen molar-refractivity contribution in [2.45, 2.75) is 24.7 Å². The fourth-order valence-corrected chi connectivity index (χ4v) is 4.02. The van der Waals surface area contributed by atoms with Crippen molar-refractivity contribution in [2.75, 3.05) is 11.3 Å². The number of para-hydroxylation sites is 1. The molecule has 3 aromatic carbocycles. The molecule has 156 valence electrons. The molecule has 0 radical (unpaired) electrons. The monoisotopic (exact) mass is 426 g/mol. The van der Waals surface area contributed by atoms with Crippen molar-refractivity contribution < 1.29 is 17.6 Å². The summed E-state index contributed by atoms with van der Waals surface area (Å²) in [6.45, 7) is 2.50. The summed E-state index contributed by atoms with van der Waals surface area (Å²) < 4.78 is 41.1. The SMILES string of the molecule is Cc1ccc(CCCNC(=O)c2cccc(S(=O)(=O)Nc3ccccc3F)c2)cc1. The largest absolute Gasteiger partial charge is 0.352 e. The van der Waals surface area contributed by atoms with Gasteiger partial charge < -0.3 is 5.32 Å². The van der Waals surface area contributed by atoms with E-state index in [1.54, 1.807) is 0 Å². The number of carbonyl (C=O) groups excluding carboxylic acids is 1. The predicted octanol–water partition coefficient (Wildman–Crippen LogP) is 4.30. The van der Waals surface area contributed by atoms with Crippen molar-refractivity contribution in [3.63, 3.8) is 0 Å². The zero-order valence-electron chi connectivity index (χ0n) is 16.6. The Labute approximate surface area is 176 Å². The Hall–Kier alpha value is -3.19. The van der Waals surface area contributed by atoms with E-state index in [1.165, 1.54) is 59.7 Å². The number of sulfonamides is 1. The first-order chi connectivity index (χ1) is 14.3. The molecule has 3 aromatic rings. The highest BCUT2D eigenvalue weighted by Gasteiger charge is 2.18. The van der Waals surface area contributed by atoms with E-state index >= 15 is 0 Å². The molecule has 0 unspecified atom stereocenters. The van der Waals surface area contributed by atoms with Crippen molar-refractivity contribution in [3.8, 4) is 0 Å². The Kier molecular flexibility index (Phi) is 6.84. The lowest BCUT2D eigenvalue weighted by atomic mass is 10.1. The molecule has 0 aliphatic carbocycles. The van der Waals surface area contributed by atoms with E-state index in [0.717, 1.165) is 12.8 Å². The number of hydrogen-bond acceptors (Lipinski definition) is 3. The van der Waals surface area contributed by atoms with Crippen LogP contribution in [0.3, 0.4) is 0 Å². The summed E-state index contributed by atoms with van der Waals surface area (Å²) in [5.41, 5.74) is 2.47. The van der Waals surface area contributed by atoms with Gasteiger partial charge in [-0.15, -0.1) is 0 Å². The van der Waals surface area contributed by atoms with Crippen molar-refractivity contribution in [1.82, 2.24) is 5.32 Å². The number of hydrogen-bond donors (Lipinski definition) is 2. The van der Waals surface area contributed by atoms with Crippen LogP contribution in [-0.2, 0) is 16.4 Å². The van der Waals surface area contributed by atoms with Gasteiger partial charge in [-0.25, -0.2) is 12.8 Å². The molecule has 3 rings (SSSR count). The number of anilines is 1. The molecule has 5 nitrogen and oxygen atoms in total. The van der Waals surface area contributed by atoms with Gasteiger partial charge in [0, 0.05) is 12.1 Å². The zero-order chi connectivity index (χ0) is 21.6. The normalized spacial score (nSPS) is 11.1. The maximum Gasteiger partial charge on any atom is 0.262 e. The molecule has 0 bridgehead atoms. The van der Waals surface area contributed by atoms with Crippen LogP contribution in [0.25, 0.3) is 0 Å². The highest BCUT2D eigenvalue weighted by molar-refractivity contribution is 7.92. The van der Waals surface area contributed by atoms with Gasteiger partial charge in [0.15, 0.2) is 0 Å². The van der Waals surface area contributed by atoms with E-state index in [-0.39, 0.29) is 22.1 Å². The standard InChI is InChI=1S/C23H23FN2O3S/c1-17-11-13-18(14-12-17)6-5-15-25-23(27)19-7-4-8-20(16-19)30(28,29)26-22-10-3-2-9-21(22)24/h2-4,7-14,16,26H,5-6,15H2,1H3,(H,25,27). The Morgan fingerprint density at radius 2 is 1.70 bits per heavy atom. The van der Waals surface area contributed by atoms with Crippen LogP contribution in [0.2, 0.25) is 0 Å². The molecule has 0 spiro atoms. The molecule has 0 fully saturated rings. The molecule has 0 heterocycles. The number of benzene rings is 3. The average molecular weight is 427 g/mol. The van der Waals surface area contributed by atoms with Gasteiger partial charge in [-0.3, -0.25) is 9.52 Å². The minimum absolute atomic E-state index is 0.113. The molecule has 2 N–H and O–H groups in total. The van der Waals surface area contributed by atoms with E-state index in [9.17, 15) is 17.6 Å². The summed E-state index contributed by atoms with van der Waals surface area (Å²) in [5.74, 6) is -1.04. The third kappa shape index (κ3) is 5.67. The van der Waals surface area contributed by atoms with Crippen LogP contribution in [-0.4, -0.2) is 20.9 Å². The summed E-state index contributed by atoms with van der Waals surface area (Å²) in [6.07, 6.45) is 1.60. The van der Waals surface area contributed by atoms with Crippen LogP contribution < -0.4 is 10.0 Å². The van der Waals surface area contributed by atoms with Crippen molar-refractivity contribution >= 4 is 21.6 Å². The molecule has 0 aliphatic rings. The van der Waals surface area contributed by atoms with Gasteiger partial charge >= 0.3 is 0 Å². The van der Waals surface area contributed by atoms with Gasteiger partial charge in [-0.1, -0.05) is 48.0 Å². The first kappa shape index (κ1) is 21.5. The van der Waals surface area contributed by atoms with Gasteiger partial charge in [0.25, 0.3) is 15.9 Å². The third-order valence-electron chi connectivity index (χ3n) is 4.57. The molecule has 1 amide bonds. The molecular formula is C23H23FN2O3S. The predicted molar refractivity (Wildman–Crippen MR) is 115 cm³/mol. The quantitative estimate of drug-likeness (QED) is 0.528. The van der Waals surface area contributed by atoms with E-state index < -0.39 is 15.8 Å². The minimum Gasteiger partial charge on any atom is -0.352 e. The zero-order valence-corrected chi connectivity index (χ0v) is 17.4. The van der Waals surface area contributed by atoms with Crippen LogP contribution >= 0.6 is 0 Å². The Morgan fingerprint density at radius 1 is 0.967 bits per heavy atom. The maximum absolute atomic E-state index is 13.8. The Morgan fingerprint density at radius 3 is 2.43 bits per heavy atom. The lowest BCUT2D eigenvalue weighted by Gasteiger charge is -2.10. The fraction of sp³-hybridized carbons (Fsp3) is 0.174. The second-order valence-electron chi connectivity index (χ2n) is 6.96. The van der Waals surface area contributed by atoms with Gasteiger partial charge in [0.1, 0.15) is 5.82 Å². The first-order valence-corrected chi connectivity index (χ1v) is 11.0. The van der Waals surface area contributed by atoms with Crippen LogP contribution in [0.5, 0.6) is 0 Å². The Balaban J connectivity index is 1.60. The van der Waals surface area contributed by atoms with Gasteiger partial charge in [-0.05, 0) is 55.7 Å². The first-order valence-electron chi connectivity index (χ1n) is 9.56. The summed E-state index contributed by atoms with van der Waals surface area (Å²) in [5, 5.41) is 2.80. The lowest BCUT2D eigenvalue weighted by Crippen LogP contribution is -2.25. The summed E-state index contributed by atoms with van der Waals surface area (Å²) in [4.78, 5) is 12.3. The summed E-state index contributed by atoms with van der Waals surface area (Å²) >= 11 is 0. The molecular weight excluding hydrogens is 403 g/mol. The van der Waals surface area contributed by atoms with Gasteiger partial charge in [0.2, 0.25) is 0 Å². The third-order valence-corrected chi connectivity index (χ3v) is 5.94. The van der Waals surface area contributed by atoms with Crippen LogP contribution in [0, 0.1) is 12.7 Å². The molecule has 0 saturated carbocycles. The Bertz CT molecular complexity index is 1130. The van der Waals surface area contributed by atoms with E-state index in [2.05, 4.69) is 34.3 Å². The average Bonchev–Trinajstić information content (AvgIpc) is 2.74. The highest BCUT2D eigenvalue weighted by Crippen LogP contribution is 2.19. The van der Waals surface area contributed by atoms with Crippen molar-refractivity contribution in [3.05, 3.63) is 95.3 Å². The smallest absolute Gasteiger partial charge is 0.262 e. The van der Waals surface area contributed by atoms with Gasteiger partial charge in [0.05, 0.1) is 10.6 Å². The molecule has 30 heavy (non-hydrogen) atoms. The van der Waals surface area contributed by atoms with E-state index in [0.29, 0.717) is 6.54 Å². The van der Waals surface area contributed by atoms with Crippen molar-refractivity contribution in [2.24, 2.45) is 0 Å². The second-order valence-corrected chi connectivity index (χ2v) is 8.64. The summed E-state index contributed by atoms with van der Waals surface area (Å²) in [6, 6.07) is 19.4. The van der Waals surface area contributed by atoms with Crippen LogP contribution in [0.15, 0.2) is 77.7 Å². The lowest BCUT2D eigenvalue weighted by molar-refractivity contribution is 0.0953. The number of carbonyl (C=O) groups is 1. The maximum atomic E-state index is 13.8. The highest BCUT2D eigenvalue weighted by atomic mass is 32.2. The van der Waals surface area contributed by atoms with E-state index in [1.807, 2.05) is 6.92 Å². The number of rotatable bonds is 8. The molecule has 0 saturated heterocycles. The van der Waals surface area contributed by atoms with Crippen LogP contribution in [0.1, 0.15) is 27.9 Å². The van der Waals surface area contributed by atoms with Crippen molar-refractivity contribution in [1.29, 1.82) is 0 Å². The van der Waals surface area contributed by atoms with Gasteiger partial charge in [-0.2, -0.15) is 0 Å². The van der Waals surface area contributed by atoms with Crippen LogP contribution in [0.4, 0.5) is 10.1 Å². The number of halogens is 1. The number of amides is 1. The minimum atomic E-state index is -4.03. The fourth-order valence-electron chi connectivity index (χ4n) is 2.90. The van der Waals surface area contributed by atoms with E-state index in [4.69, 9.17) is 0 Å². The number of nitrogens with one attached hydrogen (secondary N) is 2. The molecule has 0 aromatic heterocycles. The second kappa shape index (κ2) is 9.54.